The van der Waals surface area contributed by atoms with Gasteiger partial charge in [0.25, 0.3) is 0 Å². The van der Waals surface area contributed by atoms with Gasteiger partial charge in [-0.25, -0.2) is 4.79 Å². The van der Waals surface area contributed by atoms with Crippen LogP contribution in [-0.2, 0) is 9.53 Å². The van der Waals surface area contributed by atoms with Crippen molar-refractivity contribution in [3.05, 3.63) is 56.8 Å². The first-order valence-corrected chi connectivity index (χ1v) is 13.9. The number of rotatable bonds is 4. The Morgan fingerprint density at radius 1 is 1.12 bits per heavy atom. The van der Waals surface area contributed by atoms with Crippen molar-refractivity contribution in [1.82, 2.24) is 0 Å². The molecule has 1 heterocycles. The molecule has 1 aromatic carbocycles. The molecule has 1 aliphatic heterocycles. The van der Waals surface area contributed by atoms with Crippen LogP contribution in [0.2, 0.25) is 19.6 Å². The van der Waals surface area contributed by atoms with Crippen molar-refractivity contribution in [2.75, 3.05) is 6.61 Å². The average molecular weight is 464 g/mol. The predicted molar refractivity (Wildman–Crippen MR) is 115 cm³/mol. The molecule has 1 aromatic rings. The number of carbonyl (C=O) groups is 1. The maximum atomic E-state index is 12.2. The molecule has 0 radical (unpaired) electrons. The molecule has 1 aliphatic carbocycles. The minimum Gasteiger partial charge on any atom is -0.461 e. The lowest BCUT2D eigenvalue weighted by Crippen LogP contribution is -2.33. The molecular formula is C19H21IN2O2Si. The van der Waals surface area contributed by atoms with Crippen molar-refractivity contribution >= 4 is 49.7 Å². The summed E-state index contributed by atoms with van der Waals surface area (Å²) in [6.07, 6.45) is 4.28. The highest BCUT2D eigenvalue weighted by atomic mass is 127. The Bertz CT molecular complexity index is 859. The van der Waals surface area contributed by atoms with E-state index in [0.717, 1.165) is 11.3 Å². The quantitative estimate of drug-likeness (QED) is 0.383. The van der Waals surface area contributed by atoms with Gasteiger partial charge in [-0.2, -0.15) is 0 Å². The van der Waals surface area contributed by atoms with Crippen molar-refractivity contribution in [2.45, 2.75) is 26.6 Å². The van der Waals surface area contributed by atoms with Crippen LogP contribution in [-0.4, -0.2) is 35.6 Å². The maximum absolute atomic E-state index is 12.2. The minimum absolute atomic E-state index is 0.328. The summed E-state index contributed by atoms with van der Waals surface area (Å²) in [6.45, 7) is 9.16. The summed E-state index contributed by atoms with van der Waals surface area (Å²) in [5.41, 5.74) is 1.93. The van der Waals surface area contributed by atoms with E-state index in [2.05, 4.69) is 66.3 Å². The van der Waals surface area contributed by atoms with E-state index in [4.69, 9.17) is 4.74 Å². The van der Waals surface area contributed by atoms with Crippen LogP contribution >= 0.6 is 20.7 Å². The molecule has 25 heavy (non-hydrogen) atoms. The molecule has 0 saturated heterocycles. The van der Waals surface area contributed by atoms with Gasteiger partial charge in [-0.05, 0) is 36.4 Å². The van der Waals surface area contributed by atoms with E-state index in [9.17, 15) is 4.79 Å². The van der Waals surface area contributed by atoms with Crippen LogP contribution in [0.25, 0.3) is 0 Å². The number of carbonyl (C=O) groups excluding carboxylic acids is 1. The molecular weight excluding hydrogens is 443 g/mol. The Labute approximate surface area is 159 Å². The molecule has 130 valence electrons. The summed E-state index contributed by atoms with van der Waals surface area (Å²) in [7, 11) is -1.54. The van der Waals surface area contributed by atoms with E-state index < -0.39 is 14.0 Å². The fourth-order valence-corrected chi connectivity index (χ4v) is 9.05. The van der Waals surface area contributed by atoms with Crippen molar-refractivity contribution in [1.29, 1.82) is 0 Å². The first kappa shape index (κ1) is 18.1. The maximum Gasteiger partial charge on any atom is 0.359 e. The van der Waals surface area contributed by atoms with Gasteiger partial charge < -0.3 is 4.74 Å². The van der Waals surface area contributed by atoms with E-state index in [1.807, 2.05) is 6.07 Å². The third-order valence-electron chi connectivity index (χ3n) is 3.82. The fraction of sp³-hybridized carbons (Fsp3) is 0.263. The third kappa shape index (κ3) is 3.95. The number of esters is 1. The molecule has 0 atom stereocenters. The van der Waals surface area contributed by atoms with E-state index in [-0.39, 0.29) is 20.7 Å². The van der Waals surface area contributed by atoms with Crippen molar-refractivity contribution in [3.63, 3.8) is 0 Å². The van der Waals surface area contributed by atoms with Crippen molar-refractivity contribution in [2.24, 2.45) is 10.2 Å². The van der Waals surface area contributed by atoms with Gasteiger partial charge in [0.1, 0.15) is 0 Å². The van der Waals surface area contributed by atoms with Crippen LogP contribution in [0.15, 0.2) is 63.5 Å². The fourth-order valence-electron chi connectivity index (χ4n) is 2.59. The Hall–Kier alpha value is -1.67. The molecule has 2 aliphatic rings. The van der Waals surface area contributed by atoms with Gasteiger partial charge in [0.15, 0.2) is 5.71 Å². The Morgan fingerprint density at radius 3 is 2.48 bits per heavy atom. The van der Waals surface area contributed by atoms with Crippen LogP contribution in [0, 0.1) is 3.57 Å². The zero-order valence-corrected chi connectivity index (χ0v) is 18.0. The number of fused-ring (bicyclic) bond motifs is 1. The number of hydrogen-bond acceptors (Lipinski definition) is 4. The number of nitrogens with zero attached hydrogens (tertiary/aromatic N) is 2. The standard InChI is InChI=1S/C19H21IN2O2Si/c1-5-24-19(23)18-14-11-15(20-13-9-7-6-8-10-13)17(25(2,3)4)12-16(14)21-22-18/h6-12H,5H2,1-4H3. The van der Waals surface area contributed by atoms with E-state index in [1.54, 1.807) is 6.92 Å². The van der Waals surface area contributed by atoms with Gasteiger partial charge in [-0.3, -0.25) is 0 Å². The minimum atomic E-state index is -1.54. The lowest BCUT2D eigenvalue weighted by Gasteiger charge is -2.25. The van der Waals surface area contributed by atoms with Crippen LogP contribution in [0.3, 0.4) is 0 Å². The van der Waals surface area contributed by atoms with Gasteiger partial charge >= 0.3 is 5.97 Å². The zero-order chi connectivity index (χ0) is 18.0. The van der Waals surface area contributed by atoms with Gasteiger partial charge in [-0.15, -0.1) is 10.2 Å². The normalized spacial score (nSPS) is 18.5. The molecule has 0 saturated carbocycles. The highest BCUT2D eigenvalue weighted by molar-refractivity contribution is 14.2. The molecule has 4 nitrogen and oxygen atoms in total. The van der Waals surface area contributed by atoms with Crippen LogP contribution in [0.1, 0.15) is 6.92 Å². The van der Waals surface area contributed by atoms with Crippen LogP contribution in [0.4, 0.5) is 0 Å². The van der Waals surface area contributed by atoms with E-state index >= 15 is 0 Å². The number of benzene rings is 1. The van der Waals surface area contributed by atoms with Gasteiger partial charge in [0, 0.05) is 12.7 Å². The molecule has 0 unspecified atom stereocenters. The Kier molecular flexibility index (Phi) is 5.29. The lowest BCUT2D eigenvalue weighted by atomic mass is 10.00. The molecule has 0 N–H and O–H groups in total. The molecule has 0 fully saturated rings. The van der Waals surface area contributed by atoms with Crippen molar-refractivity contribution < 1.29 is 9.53 Å². The molecule has 0 aromatic heterocycles. The second-order valence-electron chi connectivity index (χ2n) is 6.76. The number of allylic oxidation sites excluding steroid dienone is 3. The van der Waals surface area contributed by atoms with E-state index in [0.29, 0.717) is 12.3 Å². The summed E-state index contributed by atoms with van der Waals surface area (Å²) in [6, 6.07) is 10.6. The monoisotopic (exact) mass is 464 g/mol. The molecule has 0 amide bonds. The summed E-state index contributed by atoms with van der Waals surface area (Å²) < 4.78 is 7.85. The highest BCUT2D eigenvalue weighted by Gasteiger charge is 2.33. The summed E-state index contributed by atoms with van der Waals surface area (Å²) in [5.74, 6) is -0.394. The number of ether oxygens (including phenoxy) is 1. The highest BCUT2D eigenvalue weighted by Crippen LogP contribution is 2.31. The van der Waals surface area contributed by atoms with Gasteiger partial charge in [0.05, 0.1) is 20.4 Å². The third-order valence-corrected chi connectivity index (χ3v) is 9.17. The van der Waals surface area contributed by atoms with Gasteiger partial charge in [0.2, 0.25) is 0 Å². The molecule has 0 spiro atoms. The van der Waals surface area contributed by atoms with E-state index in [1.165, 1.54) is 12.3 Å². The topological polar surface area (TPSA) is 51.0 Å². The predicted octanol–water partition coefficient (Wildman–Crippen LogP) is 4.12. The zero-order valence-electron chi connectivity index (χ0n) is 14.8. The average Bonchev–Trinajstić information content (AvgIpc) is 2.97. The second kappa shape index (κ2) is 7.29. The molecule has 6 heteroatoms. The van der Waals surface area contributed by atoms with Crippen molar-refractivity contribution in [3.8, 4) is 0 Å². The SMILES string of the molecule is CCOC(=O)C1=NN=C2C=C([Si](C)(C)C)C(=Ic3ccccc3)C=C21. The number of hydrogen-bond donors (Lipinski definition) is 0. The summed E-state index contributed by atoms with van der Waals surface area (Å²) in [4.78, 5) is 12.2. The molecule has 3 rings (SSSR count). The van der Waals surface area contributed by atoms with Crippen LogP contribution < -0.4 is 0 Å². The largest absolute Gasteiger partial charge is 0.461 e. The summed E-state index contributed by atoms with van der Waals surface area (Å²) in [5, 5.41) is 9.73. The Morgan fingerprint density at radius 2 is 1.84 bits per heavy atom. The first-order chi connectivity index (χ1) is 11.9. The molecule has 0 bridgehead atoms. The summed E-state index contributed by atoms with van der Waals surface area (Å²) >= 11 is -0.328. The van der Waals surface area contributed by atoms with Crippen LogP contribution in [0.5, 0.6) is 0 Å². The Balaban J connectivity index is 2.06. The van der Waals surface area contributed by atoms with Gasteiger partial charge in [-0.1, -0.05) is 58.6 Å². The smallest absolute Gasteiger partial charge is 0.359 e. The number of halogens is 1. The first-order valence-electron chi connectivity index (χ1n) is 8.24. The lowest BCUT2D eigenvalue weighted by molar-refractivity contribution is -0.134. The second-order valence-corrected chi connectivity index (χ2v) is 14.7.